The maximum atomic E-state index is 11.5. The molecule has 130 valence electrons. The lowest BCUT2D eigenvalue weighted by molar-refractivity contribution is 0.0995. The van der Waals surface area contributed by atoms with Gasteiger partial charge in [-0.15, -0.1) is 0 Å². The van der Waals surface area contributed by atoms with Crippen LogP contribution in [-0.2, 0) is 13.2 Å². The monoisotopic (exact) mass is 379 g/mol. The van der Waals surface area contributed by atoms with Crippen LogP contribution >= 0.6 is 23.2 Å². The average Bonchev–Trinajstić information content (AvgIpc) is 2.91. The summed E-state index contributed by atoms with van der Waals surface area (Å²) in [6.45, 7) is 0.380. The fraction of sp³-hybridized carbons (Fsp3) is 0.176. The number of amides is 1. The molecule has 1 heterocycles. The first-order chi connectivity index (χ1) is 12.0. The van der Waals surface area contributed by atoms with E-state index in [1.54, 1.807) is 30.3 Å². The zero-order chi connectivity index (χ0) is 18.0. The number of hydrogen-bond acceptors (Lipinski definition) is 4. The Labute approximate surface area is 153 Å². The maximum absolute atomic E-state index is 11.5. The van der Waals surface area contributed by atoms with Crippen LogP contribution in [0.15, 0.2) is 36.4 Å². The SMILES string of the molecule is NC(=O)c1cc(Cl)ccc1OCc1nc2ccc(Cl)cc2n1CCO. The summed E-state index contributed by atoms with van der Waals surface area (Å²) in [4.78, 5) is 16.1. The number of ether oxygens (including phenoxy) is 1. The van der Waals surface area contributed by atoms with Gasteiger partial charge in [0.2, 0.25) is 0 Å². The number of benzene rings is 2. The van der Waals surface area contributed by atoms with Crippen LogP contribution in [0.25, 0.3) is 11.0 Å². The van der Waals surface area contributed by atoms with E-state index in [-0.39, 0.29) is 18.8 Å². The molecule has 3 N–H and O–H groups in total. The molecule has 0 fully saturated rings. The van der Waals surface area contributed by atoms with Gasteiger partial charge in [0, 0.05) is 16.6 Å². The Morgan fingerprint density at radius 2 is 1.92 bits per heavy atom. The number of carbonyl (C=O) groups is 1. The molecule has 0 saturated heterocycles. The number of aliphatic hydroxyl groups excluding tert-OH is 1. The number of hydrogen-bond donors (Lipinski definition) is 2. The molecule has 25 heavy (non-hydrogen) atoms. The van der Waals surface area contributed by atoms with E-state index in [0.717, 1.165) is 11.0 Å². The first kappa shape index (κ1) is 17.5. The zero-order valence-electron chi connectivity index (χ0n) is 13.1. The van der Waals surface area contributed by atoms with Crippen molar-refractivity contribution in [1.29, 1.82) is 0 Å². The van der Waals surface area contributed by atoms with Gasteiger partial charge in [0.05, 0.1) is 23.2 Å². The molecule has 1 amide bonds. The maximum Gasteiger partial charge on any atom is 0.252 e. The van der Waals surface area contributed by atoms with Gasteiger partial charge in [-0.05, 0) is 36.4 Å². The largest absolute Gasteiger partial charge is 0.485 e. The van der Waals surface area contributed by atoms with E-state index in [2.05, 4.69) is 4.98 Å². The normalized spacial score (nSPS) is 11.0. The minimum absolute atomic E-state index is 0.0571. The minimum Gasteiger partial charge on any atom is -0.485 e. The topological polar surface area (TPSA) is 90.4 Å². The number of rotatable bonds is 6. The van der Waals surface area contributed by atoms with Crippen LogP contribution in [-0.4, -0.2) is 27.2 Å². The third kappa shape index (κ3) is 3.71. The van der Waals surface area contributed by atoms with Crippen molar-refractivity contribution in [3.63, 3.8) is 0 Å². The molecule has 0 saturated carbocycles. The Morgan fingerprint density at radius 1 is 1.20 bits per heavy atom. The number of halogens is 2. The second-order valence-electron chi connectivity index (χ2n) is 5.33. The molecule has 0 aliphatic carbocycles. The molecule has 0 bridgehead atoms. The molecule has 0 unspecified atom stereocenters. The third-order valence-electron chi connectivity index (χ3n) is 3.68. The molecule has 3 rings (SSSR count). The van der Waals surface area contributed by atoms with Crippen LogP contribution in [0.5, 0.6) is 5.75 Å². The molecule has 6 nitrogen and oxygen atoms in total. The van der Waals surface area contributed by atoms with Gasteiger partial charge in [-0.1, -0.05) is 23.2 Å². The van der Waals surface area contributed by atoms with Crippen molar-refractivity contribution in [3.8, 4) is 5.75 Å². The Kier molecular flexibility index (Phi) is 5.13. The predicted molar refractivity (Wildman–Crippen MR) is 96.1 cm³/mol. The first-order valence-corrected chi connectivity index (χ1v) is 8.23. The van der Waals surface area contributed by atoms with E-state index in [1.807, 2.05) is 4.57 Å². The molecule has 0 atom stereocenters. The number of aromatic nitrogens is 2. The highest BCUT2D eigenvalue weighted by Gasteiger charge is 2.14. The highest BCUT2D eigenvalue weighted by molar-refractivity contribution is 6.31. The Balaban J connectivity index is 1.93. The van der Waals surface area contributed by atoms with Crippen LogP contribution in [0.2, 0.25) is 10.0 Å². The fourth-order valence-corrected chi connectivity index (χ4v) is 2.91. The minimum atomic E-state index is -0.631. The highest BCUT2D eigenvalue weighted by atomic mass is 35.5. The van der Waals surface area contributed by atoms with Crippen LogP contribution in [0.4, 0.5) is 0 Å². The molecule has 1 aromatic heterocycles. The molecule has 0 spiro atoms. The van der Waals surface area contributed by atoms with E-state index < -0.39 is 5.91 Å². The van der Waals surface area contributed by atoms with Crippen molar-refractivity contribution in [2.75, 3.05) is 6.61 Å². The molecular weight excluding hydrogens is 365 g/mol. The summed E-state index contributed by atoms with van der Waals surface area (Å²) < 4.78 is 7.55. The van der Waals surface area contributed by atoms with E-state index >= 15 is 0 Å². The molecule has 2 aromatic carbocycles. The summed E-state index contributed by atoms with van der Waals surface area (Å²) >= 11 is 11.9. The van der Waals surface area contributed by atoms with Gasteiger partial charge in [-0.2, -0.15) is 0 Å². The van der Waals surface area contributed by atoms with Gasteiger partial charge in [0.25, 0.3) is 5.91 Å². The number of nitrogens with zero attached hydrogens (tertiary/aromatic N) is 2. The molecule has 3 aromatic rings. The predicted octanol–water partition coefficient (Wildman–Crippen LogP) is 3.01. The third-order valence-corrected chi connectivity index (χ3v) is 4.15. The number of primary amides is 1. The smallest absolute Gasteiger partial charge is 0.252 e. The van der Waals surface area contributed by atoms with Crippen LogP contribution in [0.3, 0.4) is 0 Å². The van der Waals surface area contributed by atoms with E-state index in [1.165, 1.54) is 6.07 Å². The molecule has 8 heteroatoms. The highest BCUT2D eigenvalue weighted by Crippen LogP contribution is 2.25. The lowest BCUT2D eigenvalue weighted by Crippen LogP contribution is -2.14. The quantitative estimate of drug-likeness (QED) is 0.688. The summed E-state index contributed by atoms with van der Waals surface area (Å²) in [5.41, 5.74) is 7.09. The van der Waals surface area contributed by atoms with Gasteiger partial charge in [-0.25, -0.2) is 4.98 Å². The van der Waals surface area contributed by atoms with Crippen molar-refractivity contribution in [3.05, 3.63) is 57.8 Å². The fourth-order valence-electron chi connectivity index (χ4n) is 2.57. The number of imidazole rings is 1. The van der Waals surface area contributed by atoms with E-state index in [4.69, 9.17) is 33.7 Å². The summed E-state index contributed by atoms with van der Waals surface area (Å²) in [7, 11) is 0. The van der Waals surface area contributed by atoms with Crippen LogP contribution in [0.1, 0.15) is 16.2 Å². The van der Waals surface area contributed by atoms with Crippen LogP contribution < -0.4 is 10.5 Å². The Hall–Kier alpha value is -2.28. The standard InChI is InChI=1S/C17H15Cl2N3O3/c18-10-2-4-15(12(7-10)17(20)24)25-9-16-21-13-3-1-11(19)8-14(13)22(16)5-6-23/h1-4,7-8,23H,5-6,9H2,(H2,20,24). The number of aliphatic hydroxyl groups is 1. The Morgan fingerprint density at radius 3 is 2.64 bits per heavy atom. The van der Waals surface area contributed by atoms with Crippen molar-refractivity contribution in [2.45, 2.75) is 13.2 Å². The zero-order valence-corrected chi connectivity index (χ0v) is 14.6. The molecule has 0 aliphatic heterocycles. The lowest BCUT2D eigenvalue weighted by Gasteiger charge is -2.11. The van der Waals surface area contributed by atoms with Crippen molar-refractivity contribution < 1.29 is 14.6 Å². The van der Waals surface area contributed by atoms with Crippen molar-refractivity contribution >= 4 is 40.1 Å². The molecular formula is C17H15Cl2N3O3. The van der Waals surface area contributed by atoms with Gasteiger partial charge in [0.15, 0.2) is 0 Å². The van der Waals surface area contributed by atoms with Gasteiger partial charge < -0.3 is 20.1 Å². The first-order valence-electron chi connectivity index (χ1n) is 7.47. The van der Waals surface area contributed by atoms with Crippen molar-refractivity contribution in [2.24, 2.45) is 5.73 Å². The number of fused-ring (bicyclic) bond motifs is 1. The summed E-state index contributed by atoms with van der Waals surface area (Å²) in [5.74, 6) is 0.280. The van der Waals surface area contributed by atoms with E-state index in [9.17, 15) is 9.90 Å². The molecule has 0 radical (unpaired) electrons. The van der Waals surface area contributed by atoms with E-state index in [0.29, 0.717) is 28.2 Å². The van der Waals surface area contributed by atoms with Gasteiger partial charge in [-0.3, -0.25) is 4.79 Å². The Bertz CT molecular complexity index is 940. The second-order valence-corrected chi connectivity index (χ2v) is 6.20. The lowest BCUT2D eigenvalue weighted by atomic mass is 10.2. The summed E-state index contributed by atoms with van der Waals surface area (Å²) in [6.07, 6.45) is 0. The molecule has 0 aliphatic rings. The van der Waals surface area contributed by atoms with Gasteiger partial charge in [0.1, 0.15) is 18.2 Å². The summed E-state index contributed by atoms with van der Waals surface area (Å²) in [6, 6.07) is 9.97. The number of nitrogens with two attached hydrogens (primary N) is 1. The summed E-state index contributed by atoms with van der Waals surface area (Å²) in [5, 5.41) is 10.3. The van der Waals surface area contributed by atoms with Crippen LogP contribution in [0, 0.1) is 0 Å². The average molecular weight is 380 g/mol. The second kappa shape index (κ2) is 7.31. The number of carbonyl (C=O) groups excluding carboxylic acids is 1. The van der Waals surface area contributed by atoms with Gasteiger partial charge >= 0.3 is 0 Å². The van der Waals surface area contributed by atoms with Crippen molar-refractivity contribution in [1.82, 2.24) is 9.55 Å².